The van der Waals surface area contributed by atoms with Crippen molar-refractivity contribution < 1.29 is 14.1 Å². The summed E-state index contributed by atoms with van der Waals surface area (Å²) in [6, 6.07) is 7.33. The number of rotatable bonds is 4. The average Bonchev–Trinajstić information content (AvgIpc) is 3.12. The van der Waals surface area contributed by atoms with Crippen LogP contribution in [-0.2, 0) is 11.2 Å². The van der Waals surface area contributed by atoms with Crippen molar-refractivity contribution >= 4 is 11.7 Å². The van der Waals surface area contributed by atoms with Crippen LogP contribution >= 0.6 is 0 Å². The first kappa shape index (κ1) is 17.4. The first-order valence-corrected chi connectivity index (χ1v) is 8.66. The number of carbonyl (C=O) groups is 1. The Balaban J connectivity index is 1.76. The number of ether oxygens (including phenoxy) is 1. The largest absolute Gasteiger partial charge is 0.377 e. The van der Waals surface area contributed by atoms with Crippen LogP contribution in [0.4, 0.5) is 10.5 Å². The highest BCUT2D eigenvalue weighted by molar-refractivity contribution is 5.89. The van der Waals surface area contributed by atoms with Gasteiger partial charge in [-0.05, 0) is 24.1 Å². The molecule has 1 aromatic carbocycles. The Kier molecular flexibility index (Phi) is 5.33. The predicted octanol–water partition coefficient (Wildman–Crippen LogP) is 3.36. The maximum atomic E-state index is 12.8. The van der Waals surface area contributed by atoms with E-state index in [1.807, 2.05) is 38.1 Å². The lowest BCUT2D eigenvalue weighted by atomic mass is 10.1. The predicted molar refractivity (Wildman–Crippen MR) is 93.5 cm³/mol. The Bertz CT molecular complexity index is 729. The number of benzene rings is 1. The van der Waals surface area contributed by atoms with Gasteiger partial charge in [-0.15, -0.1) is 0 Å². The fraction of sp³-hybridized carbons (Fsp3) is 0.500. The third-order valence-electron chi connectivity index (χ3n) is 4.23. The van der Waals surface area contributed by atoms with E-state index in [1.165, 1.54) is 5.56 Å². The molecule has 1 fully saturated rings. The maximum absolute atomic E-state index is 12.8. The molecule has 1 N–H and O–H groups in total. The molecule has 25 heavy (non-hydrogen) atoms. The van der Waals surface area contributed by atoms with E-state index in [0.29, 0.717) is 31.5 Å². The number of aromatic nitrogens is 2. The topological polar surface area (TPSA) is 80.5 Å². The lowest BCUT2D eigenvalue weighted by molar-refractivity contribution is 0.0110. The summed E-state index contributed by atoms with van der Waals surface area (Å²) in [6.07, 6.45) is 0.921. The minimum absolute atomic E-state index is 0.143. The SMILES string of the molecule is CCc1cccc(NC(=O)N2CCOC[C@H]2c2noc(C(C)C)n2)c1. The van der Waals surface area contributed by atoms with Gasteiger partial charge >= 0.3 is 6.03 Å². The van der Waals surface area contributed by atoms with Crippen molar-refractivity contribution in [1.29, 1.82) is 0 Å². The molecule has 1 atom stereocenters. The molecule has 2 heterocycles. The highest BCUT2D eigenvalue weighted by Crippen LogP contribution is 2.24. The second kappa shape index (κ2) is 7.65. The van der Waals surface area contributed by atoms with Crippen LogP contribution in [-0.4, -0.2) is 40.8 Å². The molecule has 7 nitrogen and oxygen atoms in total. The van der Waals surface area contributed by atoms with Crippen LogP contribution in [0.1, 0.15) is 50.0 Å². The molecule has 2 aromatic rings. The lowest BCUT2D eigenvalue weighted by Crippen LogP contribution is -2.45. The Morgan fingerprint density at radius 2 is 2.28 bits per heavy atom. The first-order chi connectivity index (χ1) is 12.1. The molecule has 7 heteroatoms. The van der Waals surface area contributed by atoms with Crippen LogP contribution < -0.4 is 5.32 Å². The van der Waals surface area contributed by atoms with Crippen molar-refractivity contribution in [3.05, 3.63) is 41.5 Å². The van der Waals surface area contributed by atoms with Gasteiger partial charge in [-0.2, -0.15) is 4.98 Å². The van der Waals surface area contributed by atoms with Gasteiger partial charge in [0.1, 0.15) is 6.04 Å². The Labute approximate surface area is 147 Å². The van der Waals surface area contributed by atoms with Gasteiger partial charge < -0.3 is 19.5 Å². The van der Waals surface area contributed by atoms with Crippen LogP contribution in [0.15, 0.2) is 28.8 Å². The van der Waals surface area contributed by atoms with Gasteiger partial charge in [-0.25, -0.2) is 4.79 Å². The number of carbonyl (C=O) groups excluding carboxylic acids is 1. The molecule has 134 valence electrons. The molecule has 1 aliphatic rings. The average molecular weight is 344 g/mol. The number of nitrogens with zero attached hydrogens (tertiary/aromatic N) is 3. The van der Waals surface area contributed by atoms with E-state index >= 15 is 0 Å². The smallest absolute Gasteiger partial charge is 0.322 e. The minimum atomic E-state index is -0.348. The number of aryl methyl sites for hydroxylation is 1. The summed E-state index contributed by atoms with van der Waals surface area (Å²) in [5.41, 5.74) is 1.96. The Hall–Kier alpha value is -2.41. The molecule has 3 rings (SSSR count). The van der Waals surface area contributed by atoms with E-state index in [9.17, 15) is 4.79 Å². The van der Waals surface area contributed by atoms with E-state index < -0.39 is 0 Å². The van der Waals surface area contributed by atoms with E-state index in [0.717, 1.165) is 12.1 Å². The number of urea groups is 1. The van der Waals surface area contributed by atoms with Crippen molar-refractivity contribution in [2.24, 2.45) is 0 Å². The summed E-state index contributed by atoms with van der Waals surface area (Å²) in [5.74, 6) is 1.20. The summed E-state index contributed by atoms with van der Waals surface area (Å²) >= 11 is 0. The molecule has 0 aliphatic carbocycles. The summed E-state index contributed by atoms with van der Waals surface area (Å²) in [5, 5.41) is 7.00. The number of anilines is 1. The molecule has 0 radical (unpaired) electrons. The van der Waals surface area contributed by atoms with Crippen molar-refractivity contribution in [1.82, 2.24) is 15.0 Å². The van der Waals surface area contributed by atoms with Crippen LogP contribution in [0.2, 0.25) is 0 Å². The summed E-state index contributed by atoms with van der Waals surface area (Å²) < 4.78 is 10.8. The second-order valence-corrected chi connectivity index (χ2v) is 6.41. The normalized spacial score (nSPS) is 17.8. The van der Waals surface area contributed by atoms with Crippen molar-refractivity contribution in [3.8, 4) is 0 Å². The van der Waals surface area contributed by atoms with Crippen LogP contribution in [0, 0.1) is 0 Å². The zero-order chi connectivity index (χ0) is 17.8. The van der Waals surface area contributed by atoms with Gasteiger partial charge in [0.25, 0.3) is 0 Å². The fourth-order valence-electron chi connectivity index (χ4n) is 2.74. The Morgan fingerprint density at radius 1 is 1.44 bits per heavy atom. The van der Waals surface area contributed by atoms with E-state index in [4.69, 9.17) is 9.26 Å². The summed E-state index contributed by atoms with van der Waals surface area (Å²) in [7, 11) is 0. The number of morpholine rings is 1. The van der Waals surface area contributed by atoms with Crippen molar-refractivity contribution in [2.75, 3.05) is 25.1 Å². The number of hydrogen-bond donors (Lipinski definition) is 1. The van der Waals surface area contributed by atoms with Gasteiger partial charge in [0, 0.05) is 18.2 Å². The molecule has 1 saturated heterocycles. The Morgan fingerprint density at radius 3 is 3.00 bits per heavy atom. The molecule has 0 saturated carbocycles. The third kappa shape index (κ3) is 3.99. The standard InChI is InChI=1S/C18H24N4O3/c1-4-13-6-5-7-14(10-13)19-18(23)22-8-9-24-11-15(22)16-20-17(12(2)3)25-21-16/h5-7,10,12,15H,4,8-9,11H2,1-3H3,(H,19,23)/t15-/m0/s1. The second-order valence-electron chi connectivity index (χ2n) is 6.41. The molecule has 0 unspecified atom stereocenters. The summed E-state index contributed by atoms with van der Waals surface area (Å²) in [6.45, 7) is 7.39. The van der Waals surface area contributed by atoms with Gasteiger partial charge in [-0.1, -0.05) is 38.1 Å². The van der Waals surface area contributed by atoms with Gasteiger partial charge in [0.2, 0.25) is 5.89 Å². The fourth-order valence-corrected chi connectivity index (χ4v) is 2.74. The molecule has 0 bridgehead atoms. The molecule has 1 aliphatic heterocycles. The number of amides is 2. The number of hydrogen-bond acceptors (Lipinski definition) is 5. The number of nitrogens with one attached hydrogen (secondary N) is 1. The zero-order valence-electron chi connectivity index (χ0n) is 14.9. The van der Waals surface area contributed by atoms with E-state index in [1.54, 1.807) is 4.90 Å². The first-order valence-electron chi connectivity index (χ1n) is 8.66. The maximum Gasteiger partial charge on any atom is 0.322 e. The van der Waals surface area contributed by atoms with Crippen LogP contribution in [0.25, 0.3) is 0 Å². The van der Waals surface area contributed by atoms with Crippen LogP contribution in [0.3, 0.4) is 0 Å². The van der Waals surface area contributed by atoms with Crippen molar-refractivity contribution in [3.63, 3.8) is 0 Å². The zero-order valence-corrected chi connectivity index (χ0v) is 14.9. The van der Waals surface area contributed by atoms with Gasteiger partial charge in [0.15, 0.2) is 5.82 Å². The molecule has 0 spiro atoms. The molecule has 1 aromatic heterocycles. The minimum Gasteiger partial charge on any atom is -0.377 e. The third-order valence-corrected chi connectivity index (χ3v) is 4.23. The van der Waals surface area contributed by atoms with Crippen LogP contribution in [0.5, 0.6) is 0 Å². The van der Waals surface area contributed by atoms with Gasteiger partial charge in [-0.3, -0.25) is 0 Å². The van der Waals surface area contributed by atoms with Gasteiger partial charge in [0.05, 0.1) is 13.2 Å². The highest BCUT2D eigenvalue weighted by atomic mass is 16.5. The monoisotopic (exact) mass is 344 g/mol. The van der Waals surface area contributed by atoms with E-state index in [-0.39, 0.29) is 18.0 Å². The van der Waals surface area contributed by atoms with E-state index in [2.05, 4.69) is 22.4 Å². The highest BCUT2D eigenvalue weighted by Gasteiger charge is 2.32. The quantitative estimate of drug-likeness (QED) is 0.920. The van der Waals surface area contributed by atoms with Crippen molar-refractivity contribution in [2.45, 2.75) is 39.2 Å². The summed E-state index contributed by atoms with van der Waals surface area (Å²) in [4.78, 5) is 18.9. The lowest BCUT2D eigenvalue weighted by Gasteiger charge is -2.33. The molecule has 2 amide bonds. The molecular formula is C18H24N4O3. The molecular weight excluding hydrogens is 320 g/mol.